The molecule has 0 aromatic heterocycles. The first-order valence-electron chi connectivity index (χ1n) is 8.39. The second-order valence-corrected chi connectivity index (χ2v) is 7.20. The molecule has 1 unspecified atom stereocenters. The van der Waals surface area contributed by atoms with E-state index in [1.54, 1.807) is 24.3 Å². The number of ether oxygens (including phenoxy) is 2. The first kappa shape index (κ1) is 19.7. The van der Waals surface area contributed by atoms with Crippen molar-refractivity contribution in [1.82, 2.24) is 10.2 Å². The fraction of sp³-hybridized carbons (Fsp3) is 0.333. The van der Waals surface area contributed by atoms with Crippen LogP contribution in [-0.4, -0.2) is 64.1 Å². The minimum absolute atomic E-state index is 0.192. The Labute approximate surface area is 164 Å². The number of β-lactam (4-membered cyclic amide) rings is 1. The van der Waals surface area contributed by atoms with Crippen molar-refractivity contribution < 1.29 is 33.8 Å². The van der Waals surface area contributed by atoms with Gasteiger partial charge in [-0.05, 0) is 12.1 Å². The molecule has 2 atom stereocenters. The molecule has 0 saturated carbocycles. The molecular formula is C18H18N2O7S. The quantitative estimate of drug-likeness (QED) is 0.492. The summed E-state index contributed by atoms with van der Waals surface area (Å²) < 4.78 is 10.2. The number of aliphatic carboxylic acids is 1. The van der Waals surface area contributed by atoms with Gasteiger partial charge in [0.1, 0.15) is 29.5 Å². The molecule has 28 heavy (non-hydrogen) atoms. The van der Waals surface area contributed by atoms with Crippen LogP contribution in [0.4, 0.5) is 0 Å². The Hall–Kier alpha value is -3.01. The molecule has 1 fully saturated rings. The summed E-state index contributed by atoms with van der Waals surface area (Å²) in [5.74, 6) is -2.02. The molecule has 0 spiro atoms. The van der Waals surface area contributed by atoms with Crippen molar-refractivity contribution in [2.75, 3.05) is 19.0 Å². The highest BCUT2D eigenvalue weighted by Crippen LogP contribution is 2.40. The summed E-state index contributed by atoms with van der Waals surface area (Å²) in [5.41, 5.74) is 0.149. The predicted octanol–water partition coefficient (Wildman–Crippen LogP) is 0.367. The molecule has 10 heteroatoms. The molecule has 1 saturated heterocycles. The van der Waals surface area contributed by atoms with Crippen molar-refractivity contribution in [3.63, 3.8) is 0 Å². The van der Waals surface area contributed by atoms with E-state index in [4.69, 9.17) is 9.47 Å². The minimum Gasteiger partial charge on any atom is -0.484 e. The van der Waals surface area contributed by atoms with E-state index in [0.29, 0.717) is 11.3 Å². The molecule has 0 bridgehead atoms. The van der Waals surface area contributed by atoms with Crippen LogP contribution in [0.15, 0.2) is 41.6 Å². The van der Waals surface area contributed by atoms with Crippen LogP contribution in [0, 0.1) is 0 Å². The topological polar surface area (TPSA) is 122 Å². The molecule has 1 aromatic carbocycles. The molecule has 1 aromatic rings. The predicted molar refractivity (Wildman–Crippen MR) is 98.3 cm³/mol. The fourth-order valence-electron chi connectivity index (χ4n) is 2.86. The zero-order valence-corrected chi connectivity index (χ0v) is 15.7. The number of rotatable bonds is 7. The first-order chi connectivity index (χ1) is 13.4. The number of carboxylic acid groups (broad SMARTS) is 1. The van der Waals surface area contributed by atoms with E-state index >= 15 is 0 Å². The third-order valence-corrected chi connectivity index (χ3v) is 5.47. The summed E-state index contributed by atoms with van der Waals surface area (Å²) in [6.07, 6.45) is 0. The second kappa shape index (κ2) is 8.34. The lowest BCUT2D eigenvalue weighted by atomic mass is 10.0. The van der Waals surface area contributed by atoms with Crippen LogP contribution in [-0.2, 0) is 23.9 Å². The van der Waals surface area contributed by atoms with E-state index in [2.05, 4.69) is 5.32 Å². The van der Waals surface area contributed by atoms with E-state index in [1.807, 2.05) is 6.07 Å². The number of hydrogen-bond acceptors (Lipinski definition) is 7. The van der Waals surface area contributed by atoms with Crippen molar-refractivity contribution >= 4 is 35.5 Å². The molecule has 0 radical (unpaired) electrons. The number of hydrogen-bond donors (Lipinski definition) is 2. The van der Waals surface area contributed by atoms with Crippen molar-refractivity contribution in [3.8, 4) is 5.75 Å². The van der Waals surface area contributed by atoms with Gasteiger partial charge in [-0.15, -0.1) is 11.8 Å². The number of esters is 1. The number of nitrogens with one attached hydrogen (secondary N) is 1. The summed E-state index contributed by atoms with van der Waals surface area (Å²) in [6.45, 7) is 0.768. The molecule has 2 N–H and O–H groups in total. The Bertz CT molecular complexity index is 840. The number of benzene rings is 1. The van der Waals surface area contributed by atoms with E-state index in [1.165, 1.54) is 18.7 Å². The van der Waals surface area contributed by atoms with Gasteiger partial charge in [-0.1, -0.05) is 18.2 Å². The summed E-state index contributed by atoms with van der Waals surface area (Å²) in [7, 11) is 0. The standard InChI is InChI=1S/C18H18N2O7S/c1-10(21)26-7-11-9-28-17-14(16(23)20(17)15(11)18(24)25)19-13(22)8-27-12-5-3-2-4-6-12/h2-6,14,17H,7-9H2,1H3,(H,19,22)(H,24,25)/t14?,17-/m0/s1. The van der Waals surface area contributed by atoms with E-state index in [0.717, 1.165) is 4.90 Å². The molecule has 0 aliphatic carbocycles. The van der Waals surface area contributed by atoms with Crippen LogP contribution in [0.1, 0.15) is 6.92 Å². The molecule has 2 heterocycles. The molecule has 9 nitrogen and oxygen atoms in total. The average Bonchev–Trinajstić information content (AvgIpc) is 2.68. The molecule has 3 rings (SSSR count). The van der Waals surface area contributed by atoms with Crippen LogP contribution in [0.25, 0.3) is 0 Å². The summed E-state index contributed by atoms with van der Waals surface area (Å²) in [5, 5.41) is 11.5. The van der Waals surface area contributed by atoms with Gasteiger partial charge in [0.25, 0.3) is 11.8 Å². The van der Waals surface area contributed by atoms with Gasteiger partial charge in [0.05, 0.1) is 0 Å². The fourth-order valence-corrected chi connectivity index (χ4v) is 4.19. The lowest BCUT2D eigenvalue weighted by Gasteiger charge is -2.49. The van der Waals surface area contributed by atoms with Crippen LogP contribution in [0.5, 0.6) is 5.75 Å². The van der Waals surface area contributed by atoms with Gasteiger partial charge < -0.3 is 19.9 Å². The minimum atomic E-state index is -1.28. The summed E-state index contributed by atoms with van der Waals surface area (Å²) >= 11 is 1.30. The zero-order chi connectivity index (χ0) is 20.3. The van der Waals surface area contributed by atoms with E-state index in [9.17, 15) is 24.3 Å². The highest BCUT2D eigenvalue weighted by atomic mass is 32.2. The second-order valence-electron chi connectivity index (χ2n) is 6.09. The summed E-state index contributed by atoms with van der Waals surface area (Å²) in [4.78, 5) is 48.3. The normalized spacial score (nSPS) is 20.8. The number of carbonyl (C=O) groups excluding carboxylic acids is 3. The number of amides is 2. The highest BCUT2D eigenvalue weighted by Gasteiger charge is 2.54. The van der Waals surface area contributed by atoms with Gasteiger partial charge >= 0.3 is 11.9 Å². The van der Waals surface area contributed by atoms with Crippen molar-refractivity contribution in [2.45, 2.75) is 18.3 Å². The van der Waals surface area contributed by atoms with Crippen molar-refractivity contribution in [3.05, 3.63) is 41.6 Å². The molecule has 2 amide bonds. The molecular weight excluding hydrogens is 388 g/mol. The van der Waals surface area contributed by atoms with Gasteiger partial charge in [0.15, 0.2) is 6.61 Å². The summed E-state index contributed by atoms with van der Waals surface area (Å²) in [6, 6.07) is 7.93. The van der Waals surface area contributed by atoms with Crippen LogP contribution in [0.2, 0.25) is 0 Å². The molecule has 148 valence electrons. The smallest absolute Gasteiger partial charge is 0.352 e. The van der Waals surface area contributed by atoms with E-state index in [-0.39, 0.29) is 24.7 Å². The number of nitrogens with zero attached hydrogens (tertiary/aromatic N) is 1. The SMILES string of the molecule is CC(=O)OCC1=C(C(=O)O)N2C(=O)C(NC(=O)COc3ccccc3)[C@@H]2SC1. The van der Waals surface area contributed by atoms with Gasteiger partial charge in [-0.2, -0.15) is 0 Å². The van der Waals surface area contributed by atoms with E-state index < -0.39 is 35.2 Å². The van der Waals surface area contributed by atoms with Crippen molar-refractivity contribution in [2.24, 2.45) is 0 Å². The first-order valence-corrected chi connectivity index (χ1v) is 9.44. The Morgan fingerprint density at radius 2 is 2.00 bits per heavy atom. The van der Waals surface area contributed by atoms with Crippen LogP contribution >= 0.6 is 11.8 Å². The molecule has 2 aliphatic heterocycles. The average molecular weight is 406 g/mol. The molecule has 2 aliphatic rings. The van der Waals surface area contributed by atoms with Gasteiger partial charge in [-0.3, -0.25) is 19.3 Å². The van der Waals surface area contributed by atoms with Crippen LogP contribution < -0.4 is 10.1 Å². The third-order valence-electron chi connectivity index (χ3n) is 4.13. The number of thioether (sulfide) groups is 1. The number of carboxylic acids is 1. The lowest BCUT2D eigenvalue weighted by molar-refractivity contribution is -0.151. The number of para-hydroxylation sites is 1. The maximum atomic E-state index is 12.5. The monoisotopic (exact) mass is 406 g/mol. The third kappa shape index (κ3) is 4.11. The van der Waals surface area contributed by atoms with Crippen molar-refractivity contribution in [1.29, 1.82) is 0 Å². The van der Waals surface area contributed by atoms with Gasteiger partial charge in [0, 0.05) is 18.2 Å². The lowest BCUT2D eigenvalue weighted by Crippen LogP contribution is -2.71. The number of fused-ring (bicyclic) bond motifs is 1. The Kier molecular flexibility index (Phi) is 5.88. The zero-order valence-electron chi connectivity index (χ0n) is 14.9. The number of carbonyl (C=O) groups is 4. The van der Waals surface area contributed by atoms with Gasteiger partial charge in [0.2, 0.25) is 0 Å². The Morgan fingerprint density at radius 3 is 2.64 bits per heavy atom. The largest absolute Gasteiger partial charge is 0.484 e. The Balaban J connectivity index is 1.62. The maximum absolute atomic E-state index is 12.5. The van der Waals surface area contributed by atoms with Gasteiger partial charge in [-0.25, -0.2) is 4.79 Å². The Morgan fingerprint density at radius 1 is 1.29 bits per heavy atom. The highest BCUT2D eigenvalue weighted by molar-refractivity contribution is 8.00. The van der Waals surface area contributed by atoms with Crippen LogP contribution in [0.3, 0.4) is 0 Å². The maximum Gasteiger partial charge on any atom is 0.352 e.